The van der Waals surface area contributed by atoms with Crippen molar-refractivity contribution >= 4 is 0 Å². The van der Waals surface area contributed by atoms with Gasteiger partial charge in [0.1, 0.15) is 11.6 Å². The van der Waals surface area contributed by atoms with Gasteiger partial charge in [0.15, 0.2) is 0 Å². The van der Waals surface area contributed by atoms with Crippen LogP contribution in [0.3, 0.4) is 0 Å². The molecule has 0 aliphatic rings. The molecule has 1 atom stereocenters. The van der Waals surface area contributed by atoms with Gasteiger partial charge < -0.3 is 5.73 Å². The second-order valence-electron chi connectivity index (χ2n) is 3.11. The molecule has 2 N–H and O–H groups in total. The van der Waals surface area contributed by atoms with Crippen molar-refractivity contribution in [3.05, 3.63) is 34.9 Å². The first-order valence-corrected chi connectivity index (χ1v) is 4.28. The van der Waals surface area contributed by atoms with Crippen molar-refractivity contribution in [2.45, 2.75) is 26.3 Å². The Balaban J connectivity index is 3.25. The van der Waals surface area contributed by atoms with Gasteiger partial charge in [0.2, 0.25) is 0 Å². The number of aryl methyl sites for hydroxylation is 1. The monoisotopic (exact) mass is 185 g/mol. The van der Waals surface area contributed by atoms with Crippen LogP contribution in [0.4, 0.5) is 8.78 Å². The Hall–Kier alpha value is -0.960. The fourth-order valence-corrected chi connectivity index (χ4v) is 1.22. The van der Waals surface area contributed by atoms with Crippen LogP contribution in [0.2, 0.25) is 0 Å². The van der Waals surface area contributed by atoms with Crippen molar-refractivity contribution in [3.63, 3.8) is 0 Å². The topological polar surface area (TPSA) is 26.0 Å². The Morgan fingerprint density at radius 1 is 1.38 bits per heavy atom. The normalized spacial score (nSPS) is 13.0. The first kappa shape index (κ1) is 10.1. The summed E-state index contributed by atoms with van der Waals surface area (Å²) in [6.45, 7) is 3.40. The molecule has 0 aromatic heterocycles. The highest BCUT2D eigenvalue weighted by molar-refractivity contribution is 5.28. The zero-order chi connectivity index (χ0) is 10.0. The van der Waals surface area contributed by atoms with Gasteiger partial charge in [-0.1, -0.05) is 13.0 Å². The number of halogens is 2. The van der Waals surface area contributed by atoms with E-state index in [1.165, 1.54) is 12.1 Å². The summed E-state index contributed by atoms with van der Waals surface area (Å²) in [6.07, 6.45) is 0.525. The molecule has 3 heteroatoms. The maximum absolute atomic E-state index is 13.4. The molecule has 0 spiro atoms. The van der Waals surface area contributed by atoms with E-state index in [4.69, 9.17) is 5.73 Å². The molecule has 0 aliphatic carbocycles. The number of hydrogen-bond acceptors (Lipinski definition) is 1. The standard InChI is InChI=1S/C10H13F2N/c1-3-8(13)9-7(11)5-4-6(2)10(9)12/h4-5,8H,3,13H2,1-2H3. The Morgan fingerprint density at radius 3 is 2.54 bits per heavy atom. The molecular weight excluding hydrogens is 172 g/mol. The maximum Gasteiger partial charge on any atom is 0.133 e. The SMILES string of the molecule is CCC(N)c1c(F)ccc(C)c1F. The summed E-state index contributed by atoms with van der Waals surface area (Å²) in [6, 6.07) is 2.11. The molecule has 0 saturated carbocycles. The lowest BCUT2D eigenvalue weighted by Crippen LogP contribution is -2.13. The summed E-state index contributed by atoms with van der Waals surface area (Å²) in [7, 11) is 0. The van der Waals surface area contributed by atoms with E-state index >= 15 is 0 Å². The lowest BCUT2D eigenvalue weighted by atomic mass is 10.0. The molecule has 1 aromatic rings. The van der Waals surface area contributed by atoms with Gasteiger partial charge in [-0.15, -0.1) is 0 Å². The maximum atomic E-state index is 13.4. The van der Waals surface area contributed by atoms with Gasteiger partial charge in [-0.25, -0.2) is 8.78 Å². The third-order valence-corrected chi connectivity index (χ3v) is 2.13. The van der Waals surface area contributed by atoms with Gasteiger partial charge in [-0.3, -0.25) is 0 Å². The highest BCUT2D eigenvalue weighted by Gasteiger charge is 2.16. The Morgan fingerprint density at radius 2 is 2.00 bits per heavy atom. The van der Waals surface area contributed by atoms with Gasteiger partial charge >= 0.3 is 0 Å². The minimum Gasteiger partial charge on any atom is -0.324 e. The van der Waals surface area contributed by atoms with E-state index in [-0.39, 0.29) is 5.56 Å². The molecule has 0 saturated heterocycles. The quantitative estimate of drug-likeness (QED) is 0.753. The molecule has 0 bridgehead atoms. The third kappa shape index (κ3) is 1.86. The number of benzene rings is 1. The summed E-state index contributed by atoms with van der Waals surface area (Å²) in [5.41, 5.74) is 6.02. The number of rotatable bonds is 2. The first-order valence-electron chi connectivity index (χ1n) is 4.28. The van der Waals surface area contributed by atoms with Gasteiger partial charge in [0.05, 0.1) is 0 Å². The second kappa shape index (κ2) is 3.83. The zero-order valence-corrected chi connectivity index (χ0v) is 7.77. The average Bonchev–Trinajstić information content (AvgIpc) is 2.12. The van der Waals surface area contributed by atoms with Crippen LogP contribution in [0.5, 0.6) is 0 Å². The molecule has 1 aromatic carbocycles. The van der Waals surface area contributed by atoms with Crippen LogP contribution >= 0.6 is 0 Å². The smallest absolute Gasteiger partial charge is 0.133 e. The molecule has 0 fully saturated rings. The van der Waals surface area contributed by atoms with Gasteiger partial charge in [-0.2, -0.15) is 0 Å². The molecule has 0 amide bonds. The average molecular weight is 185 g/mol. The lowest BCUT2D eigenvalue weighted by Gasteiger charge is -2.12. The second-order valence-corrected chi connectivity index (χ2v) is 3.11. The van der Waals surface area contributed by atoms with E-state index in [2.05, 4.69) is 0 Å². The molecular formula is C10H13F2N. The van der Waals surface area contributed by atoms with E-state index in [0.717, 1.165) is 0 Å². The molecule has 72 valence electrons. The zero-order valence-electron chi connectivity index (χ0n) is 7.77. The highest BCUT2D eigenvalue weighted by atomic mass is 19.1. The predicted octanol–water partition coefficient (Wildman–Crippen LogP) is 2.68. The van der Waals surface area contributed by atoms with Gasteiger partial charge in [-0.05, 0) is 25.0 Å². The Kier molecular flexibility index (Phi) is 2.98. The van der Waals surface area contributed by atoms with Crippen LogP contribution in [0.25, 0.3) is 0 Å². The molecule has 0 radical (unpaired) electrons. The molecule has 0 aliphatic heterocycles. The van der Waals surface area contributed by atoms with Crippen molar-refractivity contribution in [1.82, 2.24) is 0 Å². The largest absolute Gasteiger partial charge is 0.324 e. The molecule has 1 nitrogen and oxygen atoms in total. The van der Waals surface area contributed by atoms with Crippen LogP contribution in [0, 0.1) is 18.6 Å². The van der Waals surface area contributed by atoms with E-state index < -0.39 is 17.7 Å². The Bertz CT molecular complexity index is 310. The van der Waals surface area contributed by atoms with Crippen molar-refractivity contribution in [3.8, 4) is 0 Å². The fraction of sp³-hybridized carbons (Fsp3) is 0.400. The lowest BCUT2D eigenvalue weighted by molar-refractivity contribution is 0.516. The van der Waals surface area contributed by atoms with Crippen LogP contribution in [0.15, 0.2) is 12.1 Å². The van der Waals surface area contributed by atoms with Crippen molar-refractivity contribution in [1.29, 1.82) is 0 Å². The van der Waals surface area contributed by atoms with Crippen molar-refractivity contribution in [2.75, 3.05) is 0 Å². The summed E-state index contributed by atoms with van der Waals surface area (Å²) in [5.74, 6) is -1.08. The minimum atomic E-state index is -0.558. The van der Waals surface area contributed by atoms with Crippen LogP contribution in [0.1, 0.15) is 30.5 Å². The van der Waals surface area contributed by atoms with Crippen LogP contribution in [-0.2, 0) is 0 Å². The molecule has 0 heterocycles. The number of nitrogens with two attached hydrogens (primary N) is 1. The van der Waals surface area contributed by atoms with Crippen molar-refractivity contribution < 1.29 is 8.78 Å². The van der Waals surface area contributed by atoms with E-state index in [9.17, 15) is 8.78 Å². The summed E-state index contributed by atoms with van der Waals surface area (Å²) >= 11 is 0. The van der Waals surface area contributed by atoms with Crippen LogP contribution in [-0.4, -0.2) is 0 Å². The van der Waals surface area contributed by atoms with E-state index in [1.807, 2.05) is 0 Å². The Labute approximate surface area is 76.6 Å². The molecule has 13 heavy (non-hydrogen) atoms. The first-order chi connectivity index (χ1) is 6.07. The van der Waals surface area contributed by atoms with Crippen LogP contribution < -0.4 is 5.73 Å². The molecule has 1 unspecified atom stereocenters. The fourth-order valence-electron chi connectivity index (χ4n) is 1.22. The third-order valence-electron chi connectivity index (χ3n) is 2.13. The van der Waals surface area contributed by atoms with Crippen molar-refractivity contribution in [2.24, 2.45) is 5.73 Å². The van der Waals surface area contributed by atoms with Gasteiger partial charge in [0, 0.05) is 11.6 Å². The van der Waals surface area contributed by atoms with Gasteiger partial charge in [0.25, 0.3) is 0 Å². The summed E-state index contributed by atoms with van der Waals surface area (Å²) in [4.78, 5) is 0. The van der Waals surface area contributed by atoms with E-state index in [1.54, 1.807) is 13.8 Å². The predicted molar refractivity (Wildman–Crippen MR) is 48.3 cm³/mol. The summed E-state index contributed by atoms with van der Waals surface area (Å²) in [5, 5.41) is 0. The number of hydrogen-bond donors (Lipinski definition) is 1. The minimum absolute atomic E-state index is 0.00231. The molecule has 1 rings (SSSR count). The van der Waals surface area contributed by atoms with E-state index in [0.29, 0.717) is 12.0 Å². The highest BCUT2D eigenvalue weighted by Crippen LogP contribution is 2.23. The summed E-state index contributed by atoms with van der Waals surface area (Å²) < 4.78 is 26.5.